The number of aromatic nitrogens is 2. The maximum Gasteiger partial charge on any atom is 0.416 e. The molecule has 2 aromatic heterocycles. The molecule has 0 bridgehead atoms. The van der Waals surface area contributed by atoms with Crippen molar-refractivity contribution in [2.45, 2.75) is 20.0 Å². The second kappa shape index (κ2) is 10.2. The van der Waals surface area contributed by atoms with Gasteiger partial charge in [-0.05, 0) is 61.9 Å². The fraction of sp³-hybridized carbons (Fsp3) is 0.120. The van der Waals surface area contributed by atoms with Crippen LogP contribution in [0.4, 0.5) is 35.4 Å². The smallest absolute Gasteiger partial charge is 0.330 e. The van der Waals surface area contributed by atoms with Crippen LogP contribution in [0.15, 0.2) is 67.0 Å². The number of anilines is 4. The second-order valence-electron chi connectivity index (χ2n) is 7.86. The van der Waals surface area contributed by atoms with Crippen LogP contribution in [-0.4, -0.2) is 21.8 Å². The molecule has 184 valence electrons. The lowest BCUT2D eigenvalue weighted by atomic mass is 10.1. The molecule has 0 saturated heterocycles. The van der Waals surface area contributed by atoms with Gasteiger partial charge in [-0.25, -0.2) is 4.98 Å². The molecule has 0 saturated carbocycles. The van der Waals surface area contributed by atoms with Gasteiger partial charge >= 0.3 is 6.18 Å². The topological polar surface area (TPSA) is 96.0 Å². The molecule has 0 radical (unpaired) electrons. The fourth-order valence-electron chi connectivity index (χ4n) is 3.16. The summed E-state index contributed by atoms with van der Waals surface area (Å²) in [5.41, 5.74) is 2.05. The normalized spacial score (nSPS) is 11.1. The SMILES string of the molecule is Cc1ccc(Nc2ncc(C(=O)Nc3cc(NC(=O)c4cccc(C(F)(F)F)c4)ccc3C)s2)cn1. The van der Waals surface area contributed by atoms with E-state index in [1.165, 1.54) is 24.4 Å². The average Bonchev–Trinajstić information content (AvgIpc) is 3.31. The van der Waals surface area contributed by atoms with E-state index < -0.39 is 23.6 Å². The molecule has 3 N–H and O–H groups in total. The molecule has 4 rings (SSSR count). The van der Waals surface area contributed by atoms with E-state index in [0.29, 0.717) is 21.4 Å². The Morgan fingerprint density at radius 3 is 2.36 bits per heavy atom. The van der Waals surface area contributed by atoms with Crippen molar-refractivity contribution in [3.8, 4) is 0 Å². The van der Waals surface area contributed by atoms with Crippen molar-refractivity contribution < 1.29 is 22.8 Å². The van der Waals surface area contributed by atoms with E-state index in [-0.39, 0.29) is 5.56 Å². The lowest BCUT2D eigenvalue weighted by Gasteiger charge is -2.12. The van der Waals surface area contributed by atoms with Crippen LogP contribution in [0.3, 0.4) is 0 Å². The van der Waals surface area contributed by atoms with Crippen molar-refractivity contribution in [2.75, 3.05) is 16.0 Å². The van der Waals surface area contributed by atoms with Crippen LogP contribution in [0.2, 0.25) is 0 Å². The summed E-state index contributed by atoms with van der Waals surface area (Å²) in [6.07, 6.45) is -1.45. The van der Waals surface area contributed by atoms with Crippen LogP contribution in [-0.2, 0) is 6.18 Å². The standard InChI is InChI=1S/C25H20F3N5O2S/c1-14-6-8-18(31-22(34)16-4-3-5-17(10-16)25(26,27)28)11-20(14)33-23(35)21-13-30-24(36-21)32-19-9-7-15(2)29-12-19/h3-13H,1-2H3,(H,30,32)(H,31,34)(H,33,35). The largest absolute Gasteiger partial charge is 0.416 e. The van der Waals surface area contributed by atoms with Gasteiger partial charge in [-0.3, -0.25) is 14.6 Å². The first-order valence-electron chi connectivity index (χ1n) is 10.6. The molecule has 7 nitrogen and oxygen atoms in total. The van der Waals surface area contributed by atoms with Crippen LogP contribution in [0.25, 0.3) is 0 Å². The number of aryl methyl sites for hydroxylation is 2. The molecule has 0 atom stereocenters. The minimum Gasteiger partial charge on any atom is -0.330 e. The first kappa shape index (κ1) is 24.9. The highest BCUT2D eigenvalue weighted by Crippen LogP contribution is 2.30. The molecule has 4 aromatic rings. The Bertz CT molecular complexity index is 1420. The van der Waals surface area contributed by atoms with E-state index in [9.17, 15) is 22.8 Å². The van der Waals surface area contributed by atoms with Crippen LogP contribution in [0.5, 0.6) is 0 Å². The number of alkyl halides is 3. The Morgan fingerprint density at radius 1 is 0.861 bits per heavy atom. The third-order valence-corrected chi connectivity index (χ3v) is 6.00. The average molecular weight is 512 g/mol. The molecule has 2 amide bonds. The number of halogens is 3. The van der Waals surface area contributed by atoms with Gasteiger partial charge in [-0.1, -0.05) is 23.5 Å². The van der Waals surface area contributed by atoms with Crippen molar-refractivity contribution >= 4 is 45.3 Å². The van der Waals surface area contributed by atoms with E-state index in [2.05, 4.69) is 25.9 Å². The third kappa shape index (κ3) is 6.05. The Labute approximate surface area is 208 Å². The summed E-state index contributed by atoms with van der Waals surface area (Å²) in [6, 6.07) is 12.7. The number of amides is 2. The first-order valence-corrected chi connectivity index (χ1v) is 11.5. The molecule has 0 aliphatic heterocycles. The molecular weight excluding hydrogens is 491 g/mol. The van der Waals surface area contributed by atoms with Crippen molar-refractivity contribution in [1.82, 2.24) is 9.97 Å². The van der Waals surface area contributed by atoms with E-state index in [4.69, 9.17) is 0 Å². The molecule has 0 unspecified atom stereocenters. The van der Waals surface area contributed by atoms with Crippen LogP contribution < -0.4 is 16.0 Å². The Hall–Kier alpha value is -4.25. The fourth-order valence-corrected chi connectivity index (χ4v) is 3.89. The number of nitrogens with one attached hydrogen (secondary N) is 3. The zero-order chi connectivity index (χ0) is 25.9. The summed E-state index contributed by atoms with van der Waals surface area (Å²) in [4.78, 5) is 34.1. The van der Waals surface area contributed by atoms with Crippen molar-refractivity contribution in [1.29, 1.82) is 0 Å². The molecule has 0 spiro atoms. The summed E-state index contributed by atoms with van der Waals surface area (Å²) in [6.45, 7) is 3.65. The van der Waals surface area contributed by atoms with Crippen LogP contribution >= 0.6 is 11.3 Å². The van der Waals surface area contributed by atoms with Crippen molar-refractivity contribution in [3.63, 3.8) is 0 Å². The van der Waals surface area contributed by atoms with Gasteiger partial charge in [0.05, 0.1) is 23.6 Å². The molecular formula is C25H20F3N5O2S. The van der Waals surface area contributed by atoms with Gasteiger partial charge in [0.1, 0.15) is 4.88 Å². The molecule has 0 fully saturated rings. The highest BCUT2D eigenvalue weighted by atomic mass is 32.1. The molecule has 11 heteroatoms. The highest BCUT2D eigenvalue weighted by molar-refractivity contribution is 7.17. The van der Waals surface area contributed by atoms with Gasteiger partial charge in [-0.2, -0.15) is 13.2 Å². The quantitative estimate of drug-likeness (QED) is 0.278. The van der Waals surface area contributed by atoms with Gasteiger partial charge in [0.2, 0.25) is 0 Å². The summed E-state index contributed by atoms with van der Waals surface area (Å²) in [5, 5.41) is 8.96. The van der Waals surface area contributed by atoms with Gasteiger partial charge in [0.25, 0.3) is 11.8 Å². The van der Waals surface area contributed by atoms with E-state index in [0.717, 1.165) is 40.4 Å². The molecule has 36 heavy (non-hydrogen) atoms. The number of thiazole rings is 1. The molecule has 0 aliphatic carbocycles. The zero-order valence-electron chi connectivity index (χ0n) is 19.1. The van der Waals surface area contributed by atoms with Crippen LogP contribution in [0.1, 0.15) is 36.9 Å². The molecule has 0 aliphatic rings. The number of hydrogen-bond acceptors (Lipinski definition) is 6. The summed E-state index contributed by atoms with van der Waals surface area (Å²) in [7, 11) is 0. The number of benzene rings is 2. The Kier molecular flexibility index (Phi) is 7.02. The lowest BCUT2D eigenvalue weighted by Crippen LogP contribution is -2.15. The first-order chi connectivity index (χ1) is 17.1. The van der Waals surface area contributed by atoms with Gasteiger partial charge in [0, 0.05) is 22.6 Å². The number of carbonyl (C=O) groups excluding carboxylic acids is 2. The van der Waals surface area contributed by atoms with E-state index >= 15 is 0 Å². The van der Waals surface area contributed by atoms with Crippen LogP contribution in [0, 0.1) is 13.8 Å². The Morgan fingerprint density at radius 2 is 1.64 bits per heavy atom. The maximum absolute atomic E-state index is 13.0. The number of rotatable bonds is 6. The van der Waals surface area contributed by atoms with Crippen molar-refractivity contribution in [3.05, 3.63) is 94.3 Å². The summed E-state index contributed by atoms with van der Waals surface area (Å²) < 4.78 is 38.9. The third-order valence-electron chi connectivity index (χ3n) is 5.09. The number of hydrogen-bond donors (Lipinski definition) is 3. The maximum atomic E-state index is 13.0. The Balaban J connectivity index is 1.44. The number of carbonyl (C=O) groups is 2. The zero-order valence-corrected chi connectivity index (χ0v) is 19.9. The minimum absolute atomic E-state index is 0.135. The highest BCUT2D eigenvalue weighted by Gasteiger charge is 2.30. The molecule has 2 heterocycles. The monoisotopic (exact) mass is 511 g/mol. The van der Waals surface area contributed by atoms with E-state index in [1.807, 2.05) is 19.1 Å². The van der Waals surface area contributed by atoms with E-state index in [1.54, 1.807) is 25.3 Å². The second-order valence-corrected chi connectivity index (χ2v) is 8.89. The lowest BCUT2D eigenvalue weighted by molar-refractivity contribution is -0.137. The van der Waals surface area contributed by atoms with Gasteiger partial charge in [-0.15, -0.1) is 0 Å². The molecule has 2 aromatic carbocycles. The minimum atomic E-state index is -4.55. The van der Waals surface area contributed by atoms with Crippen molar-refractivity contribution in [2.24, 2.45) is 0 Å². The van der Waals surface area contributed by atoms with Gasteiger partial charge < -0.3 is 16.0 Å². The predicted molar refractivity (Wildman–Crippen MR) is 133 cm³/mol. The predicted octanol–water partition coefficient (Wildman–Crippen LogP) is 6.42. The summed E-state index contributed by atoms with van der Waals surface area (Å²) in [5.74, 6) is -1.10. The van der Waals surface area contributed by atoms with Gasteiger partial charge in [0.15, 0.2) is 5.13 Å². The number of pyridine rings is 1. The summed E-state index contributed by atoms with van der Waals surface area (Å²) >= 11 is 1.16. The number of nitrogens with zero attached hydrogens (tertiary/aromatic N) is 2.